The van der Waals surface area contributed by atoms with E-state index < -0.39 is 0 Å². The number of aromatic nitrogens is 3. The van der Waals surface area contributed by atoms with Crippen LogP contribution in [0.25, 0.3) is 0 Å². The number of hydrogen-bond donors (Lipinski definition) is 1. The van der Waals surface area contributed by atoms with E-state index in [0.717, 1.165) is 24.8 Å². The fourth-order valence-electron chi connectivity index (χ4n) is 1.86. The van der Waals surface area contributed by atoms with E-state index in [1.54, 1.807) is 13.3 Å². The van der Waals surface area contributed by atoms with Gasteiger partial charge in [0.2, 0.25) is 11.8 Å². The number of methoxy groups -OCH3 is 1. The summed E-state index contributed by atoms with van der Waals surface area (Å²) in [4.78, 5) is 8.51. The lowest BCUT2D eigenvalue weighted by Crippen LogP contribution is -2.14. The van der Waals surface area contributed by atoms with Gasteiger partial charge < -0.3 is 15.0 Å². The molecule has 2 heterocycles. The van der Waals surface area contributed by atoms with Crippen LogP contribution < -0.4 is 10.5 Å². The highest BCUT2D eigenvalue weighted by Gasteiger charge is 2.08. The van der Waals surface area contributed by atoms with Crippen LogP contribution in [-0.2, 0) is 12.8 Å². The van der Waals surface area contributed by atoms with E-state index in [1.165, 1.54) is 0 Å². The summed E-state index contributed by atoms with van der Waals surface area (Å²) in [5.74, 6) is 1.94. The summed E-state index contributed by atoms with van der Waals surface area (Å²) >= 11 is 0. The van der Waals surface area contributed by atoms with Crippen LogP contribution in [0.3, 0.4) is 0 Å². The van der Waals surface area contributed by atoms with Crippen molar-refractivity contribution in [2.75, 3.05) is 7.11 Å². The Bertz CT molecular complexity index is 522. The lowest BCUT2D eigenvalue weighted by molar-refractivity contribution is 0.368. The standard InChI is InChI=1S/C14H20N4O2/c1-10(15)4-3-5-14-17-12(18-20-14)8-11-6-7-13(19-2)16-9-11/h6-7,9-10H,3-5,8,15H2,1-2H3. The summed E-state index contributed by atoms with van der Waals surface area (Å²) in [7, 11) is 1.59. The van der Waals surface area contributed by atoms with Crippen LogP contribution in [0.2, 0.25) is 0 Å². The van der Waals surface area contributed by atoms with E-state index in [2.05, 4.69) is 15.1 Å². The number of aryl methyl sites for hydroxylation is 1. The van der Waals surface area contributed by atoms with Crippen molar-refractivity contribution in [3.05, 3.63) is 35.6 Å². The van der Waals surface area contributed by atoms with Gasteiger partial charge in [-0.3, -0.25) is 0 Å². The van der Waals surface area contributed by atoms with Crippen molar-refractivity contribution in [2.24, 2.45) is 5.73 Å². The summed E-state index contributed by atoms with van der Waals surface area (Å²) in [5, 5.41) is 3.98. The summed E-state index contributed by atoms with van der Waals surface area (Å²) in [6.45, 7) is 2.00. The van der Waals surface area contributed by atoms with Crippen molar-refractivity contribution < 1.29 is 9.26 Å². The molecule has 6 nitrogen and oxygen atoms in total. The number of hydrogen-bond acceptors (Lipinski definition) is 6. The second-order valence-electron chi connectivity index (χ2n) is 4.86. The van der Waals surface area contributed by atoms with Gasteiger partial charge in [-0.2, -0.15) is 4.98 Å². The molecule has 0 aliphatic heterocycles. The van der Waals surface area contributed by atoms with E-state index in [0.29, 0.717) is 24.0 Å². The second kappa shape index (κ2) is 7.00. The predicted octanol–water partition coefficient (Wildman–Crippen LogP) is 1.73. The summed E-state index contributed by atoms with van der Waals surface area (Å²) in [5.41, 5.74) is 6.73. The van der Waals surface area contributed by atoms with Gasteiger partial charge in [0.1, 0.15) is 0 Å². The third-order valence-corrected chi connectivity index (χ3v) is 2.93. The van der Waals surface area contributed by atoms with Gasteiger partial charge in [-0.25, -0.2) is 4.98 Å². The molecule has 0 bridgehead atoms. The first kappa shape index (κ1) is 14.5. The zero-order valence-electron chi connectivity index (χ0n) is 11.9. The molecule has 6 heteroatoms. The van der Waals surface area contributed by atoms with Gasteiger partial charge in [-0.05, 0) is 25.3 Å². The Labute approximate surface area is 118 Å². The van der Waals surface area contributed by atoms with E-state index >= 15 is 0 Å². The molecule has 0 aliphatic rings. The molecule has 0 fully saturated rings. The molecule has 2 N–H and O–H groups in total. The third-order valence-electron chi connectivity index (χ3n) is 2.93. The first-order valence-electron chi connectivity index (χ1n) is 6.73. The molecule has 2 aromatic rings. The lowest BCUT2D eigenvalue weighted by atomic mass is 10.1. The van der Waals surface area contributed by atoms with E-state index in [4.69, 9.17) is 15.0 Å². The van der Waals surface area contributed by atoms with E-state index in [9.17, 15) is 0 Å². The van der Waals surface area contributed by atoms with E-state index in [1.807, 2.05) is 19.1 Å². The van der Waals surface area contributed by atoms with Crippen LogP contribution in [0.4, 0.5) is 0 Å². The van der Waals surface area contributed by atoms with Crippen molar-refractivity contribution in [3.8, 4) is 5.88 Å². The fourth-order valence-corrected chi connectivity index (χ4v) is 1.86. The van der Waals surface area contributed by atoms with Crippen molar-refractivity contribution >= 4 is 0 Å². The normalized spacial score (nSPS) is 12.3. The minimum Gasteiger partial charge on any atom is -0.481 e. The third kappa shape index (κ3) is 4.31. The molecule has 20 heavy (non-hydrogen) atoms. The molecule has 1 unspecified atom stereocenters. The van der Waals surface area contributed by atoms with Gasteiger partial charge in [-0.15, -0.1) is 0 Å². The van der Waals surface area contributed by atoms with Gasteiger partial charge in [0, 0.05) is 31.1 Å². The molecule has 108 valence electrons. The second-order valence-corrected chi connectivity index (χ2v) is 4.86. The molecule has 0 aliphatic carbocycles. The maximum absolute atomic E-state index is 5.70. The Morgan fingerprint density at radius 2 is 2.25 bits per heavy atom. The first-order valence-corrected chi connectivity index (χ1v) is 6.73. The Balaban J connectivity index is 1.88. The zero-order chi connectivity index (χ0) is 14.4. The highest BCUT2D eigenvalue weighted by Crippen LogP contribution is 2.11. The van der Waals surface area contributed by atoms with Crippen molar-refractivity contribution in [1.82, 2.24) is 15.1 Å². The van der Waals surface area contributed by atoms with Gasteiger partial charge in [-0.1, -0.05) is 11.2 Å². The number of nitrogens with zero attached hydrogens (tertiary/aromatic N) is 3. The highest BCUT2D eigenvalue weighted by atomic mass is 16.5. The van der Waals surface area contributed by atoms with Gasteiger partial charge in [0.05, 0.1) is 7.11 Å². The molecule has 1 atom stereocenters. The molecule has 2 rings (SSSR count). The number of nitrogens with two attached hydrogens (primary N) is 1. The Morgan fingerprint density at radius 3 is 2.90 bits per heavy atom. The maximum Gasteiger partial charge on any atom is 0.226 e. The molecule has 0 saturated carbocycles. The number of rotatable bonds is 7. The molecule has 0 spiro atoms. The van der Waals surface area contributed by atoms with Crippen molar-refractivity contribution in [1.29, 1.82) is 0 Å². The number of ether oxygens (including phenoxy) is 1. The molecule has 0 saturated heterocycles. The maximum atomic E-state index is 5.70. The Kier molecular flexibility index (Phi) is 5.06. The highest BCUT2D eigenvalue weighted by molar-refractivity contribution is 5.20. The minimum atomic E-state index is 0.211. The molecular weight excluding hydrogens is 256 g/mol. The smallest absolute Gasteiger partial charge is 0.226 e. The van der Waals surface area contributed by atoms with Crippen LogP contribution in [0.5, 0.6) is 5.88 Å². The average Bonchev–Trinajstić information content (AvgIpc) is 2.87. The summed E-state index contributed by atoms with van der Waals surface area (Å²) in [6.07, 6.45) is 5.05. The first-order chi connectivity index (χ1) is 9.67. The van der Waals surface area contributed by atoms with Crippen LogP contribution >= 0.6 is 0 Å². The zero-order valence-corrected chi connectivity index (χ0v) is 11.9. The Hall–Kier alpha value is -1.95. The minimum absolute atomic E-state index is 0.211. The lowest BCUT2D eigenvalue weighted by Gasteiger charge is -2.01. The van der Waals surface area contributed by atoms with E-state index in [-0.39, 0.29) is 6.04 Å². The molecular formula is C14H20N4O2. The molecule has 0 aromatic carbocycles. The van der Waals surface area contributed by atoms with Gasteiger partial charge in [0.15, 0.2) is 5.82 Å². The van der Waals surface area contributed by atoms with Crippen LogP contribution in [0, 0.1) is 0 Å². The SMILES string of the molecule is COc1ccc(Cc2noc(CCCC(C)N)n2)cn1. The van der Waals surface area contributed by atoms with Crippen LogP contribution in [-0.4, -0.2) is 28.3 Å². The predicted molar refractivity (Wildman–Crippen MR) is 74.5 cm³/mol. The van der Waals surface area contributed by atoms with Crippen molar-refractivity contribution in [2.45, 2.75) is 38.6 Å². The van der Waals surface area contributed by atoms with Gasteiger partial charge in [0.25, 0.3) is 0 Å². The molecule has 0 radical (unpaired) electrons. The summed E-state index contributed by atoms with van der Waals surface area (Å²) in [6, 6.07) is 3.97. The largest absolute Gasteiger partial charge is 0.481 e. The number of pyridine rings is 1. The fraction of sp³-hybridized carbons (Fsp3) is 0.500. The van der Waals surface area contributed by atoms with Crippen molar-refractivity contribution in [3.63, 3.8) is 0 Å². The van der Waals surface area contributed by atoms with Crippen LogP contribution in [0.1, 0.15) is 37.0 Å². The average molecular weight is 276 g/mol. The monoisotopic (exact) mass is 276 g/mol. The molecule has 0 amide bonds. The topological polar surface area (TPSA) is 87.1 Å². The van der Waals surface area contributed by atoms with Crippen LogP contribution in [0.15, 0.2) is 22.9 Å². The van der Waals surface area contributed by atoms with Gasteiger partial charge >= 0.3 is 0 Å². The molecule has 2 aromatic heterocycles. The quantitative estimate of drug-likeness (QED) is 0.828. The summed E-state index contributed by atoms with van der Waals surface area (Å²) < 4.78 is 10.2. The Morgan fingerprint density at radius 1 is 1.40 bits per heavy atom.